The molecular weight excluding hydrogens is 396 g/mol. The molecule has 0 saturated carbocycles. The number of nitro groups is 1. The summed E-state index contributed by atoms with van der Waals surface area (Å²) >= 11 is 0. The van der Waals surface area contributed by atoms with Crippen LogP contribution in [-0.4, -0.2) is 48.5 Å². The number of nitrogens with zero attached hydrogens (tertiary/aromatic N) is 2. The summed E-state index contributed by atoms with van der Waals surface area (Å²) in [5.74, 6) is 0.333. The molecule has 3 N–H and O–H groups in total. The van der Waals surface area contributed by atoms with Crippen molar-refractivity contribution in [2.24, 2.45) is 5.73 Å². The van der Waals surface area contributed by atoms with Gasteiger partial charge in [0.2, 0.25) is 5.91 Å². The molecule has 2 atom stereocenters. The molecule has 0 aromatic heterocycles. The monoisotopic (exact) mass is 420 g/mol. The molecule has 0 unspecified atom stereocenters. The average Bonchev–Trinajstić information content (AvgIpc) is 3.08. The molecule has 1 fully saturated rings. The summed E-state index contributed by atoms with van der Waals surface area (Å²) in [6.45, 7) is 2.06. The number of nitrogens with one attached hydrogen (secondary N) is 1. The summed E-state index contributed by atoms with van der Waals surface area (Å²) in [5, 5.41) is 13.8. The van der Waals surface area contributed by atoms with E-state index in [1.807, 2.05) is 18.2 Å². The number of methoxy groups -OCH3 is 1. The standard InChI is InChI=1S/C20H24N4O4.ClH/c1-28-15-7-8-18(19(11-15)24(26)27)22-20(25)9-10-23-12-16(17(21)13-23)14-5-3-2-4-6-14;/h2-8,11,16-17H,9-10,12-13,21H2,1H3,(H,22,25);1H/t16-,17+;/m0./s1. The maximum atomic E-state index is 12.3. The Hall–Kier alpha value is -2.68. The number of carbonyl (C=O) groups is 1. The first-order valence-corrected chi connectivity index (χ1v) is 9.13. The minimum absolute atomic E-state index is 0. The Bertz CT molecular complexity index is 850. The molecule has 1 aliphatic rings. The number of hydrogen-bond donors (Lipinski definition) is 2. The molecule has 1 amide bonds. The number of rotatable bonds is 7. The topological polar surface area (TPSA) is 111 Å². The lowest BCUT2D eigenvalue weighted by Crippen LogP contribution is -2.30. The molecule has 0 spiro atoms. The van der Waals surface area contributed by atoms with Crippen LogP contribution in [0.5, 0.6) is 5.75 Å². The zero-order valence-electron chi connectivity index (χ0n) is 16.1. The van der Waals surface area contributed by atoms with Crippen LogP contribution in [0.1, 0.15) is 17.9 Å². The van der Waals surface area contributed by atoms with E-state index in [4.69, 9.17) is 10.5 Å². The van der Waals surface area contributed by atoms with Gasteiger partial charge in [-0.25, -0.2) is 0 Å². The van der Waals surface area contributed by atoms with Crippen LogP contribution in [0, 0.1) is 10.1 Å². The number of hydrogen-bond acceptors (Lipinski definition) is 6. The third kappa shape index (κ3) is 5.66. The molecule has 0 bridgehead atoms. The van der Waals surface area contributed by atoms with Crippen molar-refractivity contribution in [1.29, 1.82) is 0 Å². The molecule has 1 saturated heterocycles. The van der Waals surface area contributed by atoms with Crippen LogP contribution >= 0.6 is 12.4 Å². The van der Waals surface area contributed by atoms with E-state index < -0.39 is 4.92 Å². The first-order chi connectivity index (χ1) is 13.5. The van der Waals surface area contributed by atoms with Crippen molar-refractivity contribution in [2.75, 3.05) is 32.1 Å². The summed E-state index contributed by atoms with van der Waals surface area (Å²) in [7, 11) is 1.43. The average molecular weight is 421 g/mol. The van der Waals surface area contributed by atoms with Crippen LogP contribution in [0.15, 0.2) is 48.5 Å². The van der Waals surface area contributed by atoms with Crippen LogP contribution in [0.25, 0.3) is 0 Å². The molecule has 156 valence electrons. The van der Waals surface area contributed by atoms with Crippen molar-refractivity contribution >= 4 is 29.7 Å². The minimum Gasteiger partial charge on any atom is -0.496 e. The zero-order valence-corrected chi connectivity index (χ0v) is 16.9. The molecule has 2 aromatic carbocycles. The molecular formula is C20H25ClN4O4. The number of nitrogens with two attached hydrogens (primary N) is 1. The van der Waals surface area contributed by atoms with Gasteiger partial charge in [-0.05, 0) is 17.7 Å². The molecule has 1 heterocycles. The van der Waals surface area contributed by atoms with Gasteiger partial charge >= 0.3 is 0 Å². The molecule has 2 aromatic rings. The lowest BCUT2D eigenvalue weighted by molar-refractivity contribution is -0.384. The largest absolute Gasteiger partial charge is 0.496 e. The van der Waals surface area contributed by atoms with E-state index in [9.17, 15) is 14.9 Å². The maximum Gasteiger partial charge on any atom is 0.296 e. The Kier molecular flexibility index (Phi) is 7.95. The molecule has 3 rings (SSSR count). The summed E-state index contributed by atoms with van der Waals surface area (Å²) in [6.07, 6.45) is 0.234. The fraction of sp³-hybridized carbons (Fsp3) is 0.350. The third-order valence-corrected chi connectivity index (χ3v) is 5.00. The van der Waals surface area contributed by atoms with Crippen molar-refractivity contribution in [1.82, 2.24) is 4.90 Å². The summed E-state index contributed by atoms with van der Waals surface area (Å²) < 4.78 is 5.00. The van der Waals surface area contributed by atoms with Crippen LogP contribution in [0.3, 0.4) is 0 Å². The van der Waals surface area contributed by atoms with Gasteiger partial charge in [0, 0.05) is 38.0 Å². The smallest absolute Gasteiger partial charge is 0.296 e. The van der Waals surface area contributed by atoms with Gasteiger partial charge in [-0.15, -0.1) is 12.4 Å². The predicted molar refractivity (Wildman–Crippen MR) is 114 cm³/mol. The normalized spacial score (nSPS) is 18.7. The summed E-state index contributed by atoms with van der Waals surface area (Å²) in [6, 6.07) is 14.5. The van der Waals surface area contributed by atoms with Gasteiger partial charge in [0.05, 0.1) is 18.1 Å². The lowest BCUT2D eigenvalue weighted by Gasteiger charge is -2.16. The van der Waals surface area contributed by atoms with E-state index in [-0.39, 0.29) is 48.1 Å². The Morgan fingerprint density at radius 3 is 2.66 bits per heavy atom. The first-order valence-electron chi connectivity index (χ1n) is 9.13. The van der Waals surface area contributed by atoms with Crippen LogP contribution in [0.4, 0.5) is 11.4 Å². The van der Waals surface area contributed by atoms with Crippen molar-refractivity contribution in [3.8, 4) is 5.75 Å². The summed E-state index contributed by atoms with van der Waals surface area (Å²) in [4.78, 5) is 25.1. The minimum atomic E-state index is -0.540. The van der Waals surface area contributed by atoms with Crippen molar-refractivity contribution in [3.05, 3.63) is 64.2 Å². The van der Waals surface area contributed by atoms with E-state index >= 15 is 0 Å². The van der Waals surface area contributed by atoms with Gasteiger partial charge in [-0.1, -0.05) is 30.3 Å². The molecule has 8 nitrogen and oxygen atoms in total. The van der Waals surface area contributed by atoms with Gasteiger partial charge in [0.15, 0.2) is 0 Å². The summed E-state index contributed by atoms with van der Waals surface area (Å²) in [5.41, 5.74) is 7.46. The Balaban J connectivity index is 0.00000300. The number of ether oxygens (including phenoxy) is 1. The van der Waals surface area contributed by atoms with Gasteiger partial charge in [0.1, 0.15) is 11.4 Å². The van der Waals surface area contributed by atoms with Crippen LogP contribution in [0.2, 0.25) is 0 Å². The zero-order chi connectivity index (χ0) is 20.1. The van der Waals surface area contributed by atoms with Crippen LogP contribution in [-0.2, 0) is 4.79 Å². The number of carbonyl (C=O) groups excluding carboxylic acids is 1. The van der Waals surface area contributed by atoms with Crippen molar-refractivity contribution in [2.45, 2.75) is 18.4 Å². The third-order valence-electron chi connectivity index (χ3n) is 5.00. The lowest BCUT2D eigenvalue weighted by atomic mass is 9.95. The molecule has 0 aliphatic carbocycles. The number of anilines is 1. The number of halogens is 1. The van der Waals surface area contributed by atoms with E-state index in [0.717, 1.165) is 13.1 Å². The van der Waals surface area contributed by atoms with E-state index in [2.05, 4.69) is 22.3 Å². The van der Waals surface area contributed by atoms with E-state index in [1.165, 1.54) is 24.8 Å². The van der Waals surface area contributed by atoms with Gasteiger partial charge in [-0.3, -0.25) is 14.9 Å². The number of amides is 1. The highest BCUT2D eigenvalue weighted by atomic mass is 35.5. The SMILES string of the molecule is COc1ccc(NC(=O)CCN2C[C@@H](N)[C@H](c3ccccc3)C2)c([N+](=O)[O-])c1.Cl. The second-order valence-corrected chi connectivity index (χ2v) is 6.88. The second-order valence-electron chi connectivity index (χ2n) is 6.88. The van der Waals surface area contributed by atoms with E-state index in [0.29, 0.717) is 12.3 Å². The molecule has 29 heavy (non-hydrogen) atoms. The molecule has 0 radical (unpaired) electrons. The predicted octanol–water partition coefficient (Wildman–Crippen LogP) is 2.78. The highest BCUT2D eigenvalue weighted by molar-refractivity contribution is 5.93. The molecule has 9 heteroatoms. The Labute approximate surface area is 175 Å². The van der Waals surface area contributed by atoms with Crippen molar-refractivity contribution < 1.29 is 14.5 Å². The highest BCUT2D eigenvalue weighted by Crippen LogP contribution is 2.29. The second kappa shape index (κ2) is 10.2. The van der Waals surface area contributed by atoms with Gasteiger partial charge in [-0.2, -0.15) is 0 Å². The quantitative estimate of drug-likeness (QED) is 0.526. The first kappa shape index (κ1) is 22.6. The molecule has 1 aliphatic heterocycles. The van der Waals surface area contributed by atoms with Gasteiger partial charge < -0.3 is 20.7 Å². The van der Waals surface area contributed by atoms with Crippen molar-refractivity contribution in [3.63, 3.8) is 0 Å². The van der Waals surface area contributed by atoms with Crippen LogP contribution < -0.4 is 15.8 Å². The van der Waals surface area contributed by atoms with Gasteiger partial charge in [0.25, 0.3) is 5.69 Å². The fourth-order valence-corrected chi connectivity index (χ4v) is 3.52. The fourth-order valence-electron chi connectivity index (χ4n) is 3.52. The maximum absolute atomic E-state index is 12.3. The van der Waals surface area contributed by atoms with E-state index in [1.54, 1.807) is 6.07 Å². The highest BCUT2D eigenvalue weighted by Gasteiger charge is 2.31. The number of benzene rings is 2. The number of likely N-dealkylation sites (tertiary alicyclic amines) is 1. The Morgan fingerprint density at radius 1 is 1.28 bits per heavy atom. The Morgan fingerprint density at radius 2 is 2.00 bits per heavy atom. The number of nitro benzene ring substituents is 1.